The summed E-state index contributed by atoms with van der Waals surface area (Å²) in [7, 11) is 0. The summed E-state index contributed by atoms with van der Waals surface area (Å²) in [6, 6.07) is 3.99. The van der Waals surface area contributed by atoms with Gasteiger partial charge in [0, 0.05) is 25.0 Å². The van der Waals surface area contributed by atoms with Gasteiger partial charge >= 0.3 is 0 Å². The number of halogens is 1. The summed E-state index contributed by atoms with van der Waals surface area (Å²) in [6.07, 6.45) is 2.56. The highest BCUT2D eigenvalue weighted by Crippen LogP contribution is 2.24. The molecule has 1 aliphatic heterocycles. The van der Waals surface area contributed by atoms with Gasteiger partial charge in [-0.15, -0.1) is 0 Å². The Hall–Kier alpha value is -1.75. The van der Waals surface area contributed by atoms with Crippen LogP contribution in [-0.2, 0) is 0 Å². The van der Waals surface area contributed by atoms with E-state index in [1.807, 2.05) is 16.5 Å². The average Bonchev–Trinajstić information content (AvgIpc) is 3.08. The molecule has 0 saturated carbocycles. The summed E-state index contributed by atoms with van der Waals surface area (Å²) in [5.74, 6) is 0.000862. The van der Waals surface area contributed by atoms with Gasteiger partial charge in [-0.3, -0.25) is 9.48 Å². The van der Waals surface area contributed by atoms with Gasteiger partial charge in [-0.1, -0.05) is 11.6 Å². The lowest BCUT2D eigenvalue weighted by atomic mass is 10.2. The second kappa shape index (κ2) is 4.98. The van der Waals surface area contributed by atoms with E-state index in [-0.39, 0.29) is 11.9 Å². The number of likely N-dealkylation sites (tertiary alicyclic amines) is 1. The van der Waals surface area contributed by atoms with E-state index in [1.54, 1.807) is 12.3 Å². The summed E-state index contributed by atoms with van der Waals surface area (Å²) < 4.78 is 2.03. The van der Waals surface area contributed by atoms with Crippen LogP contribution >= 0.6 is 11.6 Å². The third-order valence-corrected chi connectivity index (χ3v) is 3.94. The maximum atomic E-state index is 12.3. The second-order valence-electron chi connectivity index (χ2n) is 5.30. The molecular formula is C14H17ClN4O. The normalized spacial score (nSPS) is 18.8. The summed E-state index contributed by atoms with van der Waals surface area (Å²) in [4.78, 5) is 17.1. The Balaban J connectivity index is 1.73. The van der Waals surface area contributed by atoms with Gasteiger partial charge in [-0.05, 0) is 32.4 Å². The number of nitrogens with zero attached hydrogens (tertiary/aromatic N) is 3. The number of carbonyl (C=O) groups excluding carboxylic acids is 1. The highest BCUT2D eigenvalue weighted by Gasteiger charge is 2.29. The van der Waals surface area contributed by atoms with Crippen LogP contribution in [-0.4, -0.2) is 38.7 Å². The van der Waals surface area contributed by atoms with Gasteiger partial charge in [-0.25, -0.2) is 0 Å². The van der Waals surface area contributed by atoms with Crippen LogP contribution in [0, 0.1) is 13.8 Å². The number of aromatic amines is 1. The van der Waals surface area contributed by atoms with E-state index < -0.39 is 0 Å². The number of hydrogen-bond acceptors (Lipinski definition) is 2. The lowest BCUT2D eigenvalue weighted by Gasteiger charge is -2.16. The fraction of sp³-hybridized carbons (Fsp3) is 0.429. The van der Waals surface area contributed by atoms with E-state index in [9.17, 15) is 4.79 Å². The molecule has 0 radical (unpaired) electrons. The molecule has 1 N–H and O–H groups in total. The zero-order valence-electron chi connectivity index (χ0n) is 11.6. The van der Waals surface area contributed by atoms with Gasteiger partial charge in [0.25, 0.3) is 5.91 Å². The molecule has 2 aromatic rings. The molecule has 1 atom stereocenters. The Labute approximate surface area is 122 Å². The van der Waals surface area contributed by atoms with Crippen molar-refractivity contribution in [1.82, 2.24) is 19.7 Å². The van der Waals surface area contributed by atoms with E-state index >= 15 is 0 Å². The number of aryl methyl sites for hydroxylation is 2. The molecule has 106 valence electrons. The molecule has 1 unspecified atom stereocenters. The Morgan fingerprint density at radius 3 is 2.85 bits per heavy atom. The van der Waals surface area contributed by atoms with E-state index in [0.717, 1.165) is 24.4 Å². The molecule has 1 amide bonds. The predicted octanol–water partition coefficient (Wildman–Crippen LogP) is 2.57. The predicted molar refractivity (Wildman–Crippen MR) is 77.1 cm³/mol. The summed E-state index contributed by atoms with van der Waals surface area (Å²) in [5, 5.41) is 5.07. The van der Waals surface area contributed by atoms with Crippen molar-refractivity contribution in [3.05, 3.63) is 40.4 Å². The van der Waals surface area contributed by atoms with Crippen LogP contribution in [0.15, 0.2) is 18.3 Å². The SMILES string of the molecule is Cc1cc(C)n(C2CCN(C(=O)c3cc(Cl)c[nH]3)C2)n1. The summed E-state index contributed by atoms with van der Waals surface area (Å²) in [5.41, 5.74) is 2.71. The zero-order chi connectivity index (χ0) is 14.3. The van der Waals surface area contributed by atoms with Crippen LogP contribution in [0.25, 0.3) is 0 Å². The molecule has 3 heterocycles. The van der Waals surface area contributed by atoms with Crippen LogP contribution in [0.2, 0.25) is 5.02 Å². The standard InChI is InChI=1S/C14H17ClN4O/c1-9-5-10(2)19(17-9)12-3-4-18(8-12)14(20)13-6-11(15)7-16-13/h5-7,12,16H,3-4,8H2,1-2H3. The minimum atomic E-state index is 0.000862. The minimum absolute atomic E-state index is 0.000862. The van der Waals surface area contributed by atoms with E-state index in [1.165, 1.54) is 0 Å². The average molecular weight is 293 g/mol. The Bertz CT molecular complexity index is 645. The topological polar surface area (TPSA) is 53.9 Å². The molecule has 20 heavy (non-hydrogen) atoms. The number of rotatable bonds is 2. The quantitative estimate of drug-likeness (QED) is 0.925. The second-order valence-corrected chi connectivity index (χ2v) is 5.73. The maximum absolute atomic E-state index is 12.3. The fourth-order valence-electron chi connectivity index (χ4n) is 2.80. The van der Waals surface area contributed by atoms with Crippen molar-refractivity contribution < 1.29 is 4.79 Å². The zero-order valence-corrected chi connectivity index (χ0v) is 12.3. The van der Waals surface area contributed by atoms with E-state index in [4.69, 9.17) is 11.6 Å². The van der Waals surface area contributed by atoms with Crippen molar-refractivity contribution in [2.45, 2.75) is 26.3 Å². The van der Waals surface area contributed by atoms with E-state index in [0.29, 0.717) is 17.3 Å². The molecule has 0 aliphatic carbocycles. The molecular weight excluding hydrogens is 276 g/mol. The molecule has 6 heteroatoms. The van der Waals surface area contributed by atoms with Crippen LogP contribution in [0.5, 0.6) is 0 Å². The lowest BCUT2D eigenvalue weighted by Crippen LogP contribution is -2.29. The number of aromatic nitrogens is 3. The lowest BCUT2D eigenvalue weighted by molar-refractivity contribution is 0.0782. The Morgan fingerprint density at radius 1 is 1.45 bits per heavy atom. The smallest absolute Gasteiger partial charge is 0.270 e. The number of carbonyl (C=O) groups is 1. The highest BCUT2D eigenvalue weighted by atomic mass is 35.5. The largest absolute Gasteiger partial charge is 0.356 e. The maximum Gasteiger partial charge on any atom is 0.270 e. The molecule has 0 bridgehead atoms. The molecule has 0 spiro atoms. The first kappa shape index (κ1) is 13.2. The van der Waals surface area contributed by atoms with Crippen molar-refractivity contribution in [2.24, 2.45) is 0 Å². The van der Waals surface area contributed by atoms with Crippen molar-refractivity contribution >= 4 is 17.5 Å². The molecule has 5 nitrogen and oxygen atoms in total. The van der Waals surface area contributed by atoms with Gasteiger partial charge in [-0.2, -0.15) is 5.10 Å². The number of hydrogen-bond donors (Lipinski definition) is 1. The van der Waals surface area contributed by atoms with Gasteiger partial charge < -0.3 is 9.88 Å². The molecule has 1 fully saturated rings. The number of nitrogens with one attached hydrogen (secondary N) is 1. The molecule has 2 aromatic heterocycles. The first-order chi connectivity index (χ1) is 9.54. The van der Waals surface area contributed by atoms with Crippen molar-refractivity contribution in [3.63, 3.8) is 0 Å². The Morgan fingerprint density at radius 2 is 2.25 bits per heavy atom. The van der Waals surface area contributed by atoms with Crippen molar-refractivity contribution in [3.8, 4) is 0 Å². The molecule has 1 saturated heterocycles. The fourth-order valence-corrected chi connectivity index (χ4v) is 2.97. The number of amides is 1. The van der Waals surface area contributed by atoms with Crippen LogP contribution in [0.1, 0.15) is 34.3 Å². The third-order valence-electron chi connectivity index (χ3n) is 3.72. The highest BCUT2D eigenvalue weighted by molar-refractivity contribution is 6.30. The Kier molecular flexibility index (Phi) is 3.30. The van der Waals surface area contributed by atoms with Crippen LogP contribution in [0.3, 0.4) is 0 Å². The van der Waals surface area contributed by atoms with E-state index in [2.05, 4.69) is 23.1 Å². The molecule has 0 aromatic carbocycles. The summed E-state index contributed by atoms with van der Waals surface area (Å²) in [6.45, 7) is 5.48. The number of H-pyrrole nitrogens is 1. The first-order valence-corrected chi connectivity index (χ1v) is 7.08. The van der Waals surface area contributed by atoms with Gasteiger partial charge in [0.15, 0.2) is 0 Å². The van der Waals surface area contributed by atoms with Gasteiger partial charge in [0.1, 0.15) is 5.69 Å². The van der Waals surface area contributed by atoms with Gasteiger partial charge in [0.2, 0.25) is 0 Å². The van der Waals surface area contributed by atoms with Crippen molar-refractivity contribution in [1.29, 1.82) is 0 Å². The van der Waals surface area contributed by atoms with Gasteiger partial charge in [0.05, 0.1) is 16.8 Å². The van der Waals surface area contributed by atoms with Crippen LogP contribution in [0.4, 0.5) is 0 Å². The monoisotopic (exact) mass is 292 g/mol. The van der Waals surface area contributed by atoms with Crippen LogP contribution < -0.4 is 0 Å². The minimum Gasteiger partial charge on any atom is -0.356 e. The molecule has 1 aliphatic rings. The molecule has 3 rings (SSSR count). The third kappa shape index (κ3) is 2.33. The summed E-state index contributed by atoms with van der Waals surface area (Å²) >= 11 is 5.84. The first-order valence-electron chi connectivity index (χ1n) is 6.70. The van der Waals surface area contributed by atoms with Crippen molar-refractivity contribution in [2.75, 3.05) is 13.1 Å².